The third-order valence-corrected chi connectivity index (χ3v) is 11.4. The number of hydrogen-bond donors (Lipinski definition) is 0. The molecule has 5 fully saturated rings. The number of allylic oxidation sites excluding steroid dienone is 2. The highest BCUT2D eigenvalue weighted by atomic mass is 14.6. The monoisotopic (exact) mass is 458 g/mol. The average Bonchev–Trinajstić information content (AvgIpc) is 3.29. The molecule has 5 unspecified atom stereocenters. The zero-order valence-electron chi connectivity index (χ0n) is 22.4. The highest BCUT2D eigenvalue weighted by molar-refractivity contribution is 5.18. The van der Waals surface area contributed by atoms with E-state index in [-0.39, 0.29) is 0 Å². The van der Waals surface area contributed by atoms with Crippen molar-refractivity contribution >= 4 is 0 Å². The maximum absolute atomic E-state index is 4.70. The predicted molar refractivity (Wildman–Crippen MR) is 147 cm³/mol. The van der Waals surface area contributed by atoms with Gasteiger partial charge in [0.2, 0.25) is 0 Å². The van der Waals surface area contributed by atoms with Crippen LogP contribution in [0.4, 0.5) is 0 Å². The van der Waals surface area contributed by atoms with Gasteiger partial charge < -0.3 is 0 Å². The molecule has 1 aromatic carbocycles. The Kier molecular flexibility index (Phi) is 7.17. The summed E-state index contributed by atoms with van der Waals surface area (Å²) in [4.78, 5) is 0. The lowest BCUT2D eigenvalue weighted by Gasteiger charge is -2.61. The van der Waals surface area contributed by atoms with Crippen molar-refractivity contribution in [3.63, 3.8) is 0 Å². The lowest BCUT2D eigenvalue weighted by molar-refractivity contribution is -0.124. The van der Waals surface area contributed by atoms with Crippen LogP contribution in [-0.2, 0) is 6.42 Å². The van der Waals surface area contributed by atoms with Crippen LogP contribution in [0.5, 0.6) is 0 Å². The summed E-state index contributed by atoms with van der Waals surface area (Å²) in [6.45, 7) is 16.8. The largest absolute Gasteiger partial charge is 0.0996 e. The van der Waals surface area contributed by atoms with Crippen molar-refractivity contribution in [1.82, 2.24) is 0 Å². The Morgan fingerprint density at radius 2 is 1.68 bits per heavy atom. The smallest absolute Gasteiger partial charge is 0.0197 e. The van der Waals surface area contributed by atoms with Crippen molar-refractivity contribution in [3.05, 3.63) is 60.2 Å². The van der Waals surface area contributed by atoms with E-state index in [1.807, 2.05) is 0 Å². The van der Waals surface area contributed by atoms with E-state index < -0.39 is 0 Å². The molecule has 5 aliphatic carbocycles. The molecule has 2 bridgehead atoms. The molecule has 0 aliphatic heterocycles. The minimum Gasteiger partial charge on any atom is -0.0996 e. The summed E-state index contributed by atoms with van der Waals surface area (Å²) in [6, 6.07) is 11.3. The summed E-state index contributed by atoms with van der Waals surface area (Å²) in [7, 11) is 0. The van der Waals surface area contributed by atoms with Crippen LogP contribution in [0.25, 0.3) is 0 Å². The maximum atomic E-state index is 4.70. The second kappa shape index (κ2) is 9.99. The van der Waals surface area contributed by atoms with Gasteiger partial charge in [0, 0.05) is 0 Å². The van der Waals surface area contributed by atoms with E-state index in [0.29, 0.717) is 11.3 Å². The lowest BCUT2D eigenvalue weighted by atomic mass is 9.44. The van der Waals surface area contributed by atoms with Crippen LogP contribution >= 0.6 is 0 Å². The van der Waals surface area contributed by atoms with Crippen LogP contribution in [0.1, 0.15) is 97.0 Å². The van der Waals surface area contributed by atoms with Gasteiger partial charge in [-0.3, -0.25) is 0 Å². The highest BCUT2D eigenvalue weighted by Gasteiger charge is 2.59. The van der Waals surface area contributed by atoms with Gasteiger partial charge in [0.05, 0.1) is 0 Å². The summed E-state index contributed by atoms with van der Waals surface area (Å²) >= 11 is 0. The fourth-order valence-electron chi connectivity index (χ4n) is 8.97. The minimum absolute atomic E-state index is 0.572. The van der Waals surface area contributed by atoms with Gasteiger partial charge >= 0.3 is 0 Å². The van der Waals surface area contributed by atoms with Gasteiger partial charge in [0.25, 0.3) is 0 Å². The standard InChI is InChI=1S/C34H50/c1-23(16-25(3)27-14-10-7-11-15-27)24(2)17-28(18-26-12-8-6-9-13-26)29-19-30-20-31-22-33(32(30)21-29)34(31,4)5/h6,8-9,12-13,23,27-33H,2-3,7,10-11,14-22H2,1,4-5H3/t23?,28?,29?,30?,31-,32?,33-/m1/s1. The van der Waals surface area contributed by atoms with Crippen LogP contribution in [0, 0.1) is 52.8 Å². The van der Waals surface area contributed by atoms with Crippen molar-refractivity contribution in [3.8, 4) is 0 Å². The molecule has 34 heavy (non-hydrogen) atoms. The fraction of sp³-hybridized carbons (Fsp3) is 0.706. The maximum Gasteiger partial charge on any atom is -0.0197 e. The summed E-state index contributed by atoms with van der Waals surface area (Å²) < 4.78 is 0. The summed E-state index contributed by atoms with van der Waals surface area (Å²) in [5, 5.41) is 0. The Balaban J connectivity index is 1.25. The minimum atomic E-state index is 0.572. The summed E-state index contributed by atoms with van der Waals surface area (Å²) in [6.07, 6.45) is 16.6. The highest BCUT2D eigenvalue weighted by Crippen LogP contribution is 2.67. The van der Waals surface area contributed by atoms with Crippen molar-refractivity contribution < 1.29 is 0 Å². The first kappa shape index (κ1) is 24.4. The second-order valence-electron chi connectivity index (χ2n) is 13.7. The molecular weight excluding hydrogens is 408 g/mol. The molecule has 0 spiro atoms. The fourth-order valence-corrected chi connectivity index (χ4v) is 8.97. The van der Waals surface area contributed by atoms with Gasteiger partial charge in [-0.1, -0.05) is 94.7 Å². The molecule has 0 saturated heterocycles. The summed E-state index contributed by atoms with van der Waals surface area (Å²) in [5.74, 6) is 7.00. The molecule has 0 heteroatoms. The van der Waals surface area contributed by atoms with E-state index >= 15 is 0 Å². The van der Waals surface area contributed by atoms with Crippen LogP contribution < -0.4 is 0 Å². The molecule has 6 rings (SSSR count). The number of benzene rings is 1. The van der Waals surface area contributed by atoms with Crippen molar-refractivity contribution in [1.29, 1.82) is 0 Å². The SMILES string of the molecule is C=C(CC(Cc1ccccc1)C1CC2C[C@@H]3C[C@H](C2C1)C3(C)C)C(C)CC(=C)C1CCCCC1. The van der Waals surface area contributed by atoms with E-state index in [2.05, 4.69) is 57.7 Å². The van der Waals surface area contributed by atoms with E-state index in [4.69, 9.17) is 6.58 Å². The molecule has 5 saturated carbocycles. The van der Waals surface area contributed by atoms with Crippen LogP contribution in [0.3, 0.4) is 0 Å². The molecule has 5 aliphatic rings. The van der Waals surface area contributed by atoms with E-state index in [0.717, 1.165) is 47.8 Å². The van der Waals surface area contributed by atoms with E-state index in [1.54, 1.807) is 0 Å². The lowest BCUT2D eigenvalue weighted by Crippen LogP contribution is -2.54. The molecule has 0 heterocycles. The van der Waals surface area contributed by atoms with Gasteiger partial charge in [-0.25, -0.2) is 0 Å². The first-order valence-electron chi connectivity index (χ1n) is 14.7. The van der Waals surface area contributed by atoms with Crippen LogP contribution in [0.2, 0.25) is 0 Å². The molecule has 0 nitrogen and oxygen atoms in total. The molecule has 186 valence electrons. The quantitative estimate of drug-likeness (QED) is 0.323. The average molecular weight is 459 g/mol. The second-order valence-corrected chi connectivity index (χ2v) is 13.7. The van der Waals surface area contributed by atoms with Crippen LogP contribution in [-0.4, -0.2) is 0 Å². The molecule has 0 N–H and O–H groups in total. The first-order valence-corrected chi connectivity index (χ1v) is 14.7. The number of rotatable bonds is 9. The van der Waals surface area contributed by atoms with Gasteiger partial charge in [0.15, 0.2) is 0 Å². The van der Waals surface area contributed by atoms with E-state index in [1.165, 1.54) is 87.3 Å². The van der Waals surface area contributed by atoms with E-state index in [9.17, 15) is 0 Å². The Bertz CT molecular complexity index is 853. The zero-order valence-corrected chi connectivity index (χ0v) is 22.4. The molecule has 1 aromatic rings. The normalized spacial score (nSPS) is 34.0. The van der Waals surface area contributed by atoms with Gasteiger partial charge in [0.1, 0.15) is 0 Å². The van der Waals surface area contributed by atoms with Gasteiger partial charge in [-0.05, 0) is 116 Å². The third-order valence-electron chi connectivity index (χ3n) is 11.4. The zero-order chi connectivity index (χ0) is 23.9. The van der Waals surface area contributed by atoms with Gasteiger partial charge in [-0.2, -0.15) is 0 Å². The molecule has 0 aromatic heterocycles. The van der Waals surface area contributed by atoms with Crippen molar-refractivity contribution in [2.75, 3.05) is 0 Å². The molecule has 7 atom stereocenters. The first-order chi connectivity index (χ1) is 16.3. The Morgan fingerprint density at radius 3 is 2.38 bits per heavy atom. The third kappa shape index (κ3) is 4.85. The predicted octanol–water partition coefficient (Wildman–Crippen LogP) is 9.66. The van der Waals surface area contributed by atoms with Gasteiger partial charge in [-0.15, -0.1) is 0 Å². The molecule has 0 amide bonds. The van der Waals surface area contributed by atoms with Crippen molar-refractivity contribution in [2.45, 2.75) is 97.8 Å². The number of hydrogen-bond acceptors (Lipinski definition) is 0. The molecular formula is C34H50. The topological polar surface area (TPSA) is 0 Å². The Labute approximate surface area is 210 Å². The van der Waals surface area contributed by atoms with Crippen LogP contribution in [0.15, 0.2) is 54.6 Å². The Morgan fingerprint density at radius 1 is 0.941 bits per heavy atom. The molecule has 0 radical (unpaired) electrons. The Hall–Kier alpha value is -1.30. The summed E-state index contributed by atoms with van der Waals surface area (Å²) in [5.41, 5.74) is 5.15. The van der Waals surface area contributed by atoms with Crippen molar-refractivity contribution in [2.24, 2.45) is 52.8 Å².